The van der Waals surface area contributed by atoms with Gasteiger partial charge in [0.1, 0.15) is 12.4 Å². The van der Waals surface area contributed by atoms with Gasteiger partial charge in [0.05, 0.1) is 12.5 Å². The van der Waals surface area contributed by atoms with Crippen molar-refractivity contribution in [2.45, 2.75) is 25.4 Å². The molecule has 0 bridgehead atoms. The minimum Gasteiger partial charge on any atom is -0.491 e. The van der Waals surface area contributed by atoms with Gasteiger partial charge >= 0.3 is 0 Å². The highest BCUT2D eigenvalue weighted by molar-refractivity contribution is 5.96. The van der Waals surface area contributed by atoms with Crippen LogP contribution in [0.3, 0.4) is 0 Å². The summed E-state index contributed by atoms with van der Waals surface area (Å²) >= 11 is 0. The molecule has 1 aliphatic rings. The number of fused-ring (bicyclic) bond motifs is 1. The average Bonchev–Trinajstić information content (AvgIpc) is 3.30. The minimum absolute atomic E-state index is 0.0284. The van der Waals surface area contributed by atoms with Crippen molar-refractivity contribution in [1.29, 1.82) is 0 Å². The summed E-state index contributed by atoms with van der Waals surface area (Å²) < 4.78 is 13.4. The number of benzene rings is 2. The third-order valence-electron chi connectivity index (χ3n) is 4.93. The summed E-state index contributed by atoms with van der Waals surface area (Å²) in [4.78, 5) is 12.5. The number of carbonyl (C=O) groups is 1. The molecule has 1 unspecified atom stereocenters. The molecule has 5 heteroatoms. The molecule has 27 heavy (non-hydrogen) atoms. The van der Waals surface area contributed by atoms with Crippen LogP contribution in [-0.2, 0) is 23.0 Å². The second kappa shape index (κ2) is 7.84. The largest absolute Gasteiger partial charge is 0.491 e. The van der Waals surface area contributed by atoms with Crippen LogP contribution < -0.4 is 10.1 Å². The first kappa shape index (κ1) is 17.6. The molecule has 1 atom stereocenters. The van der Waals surface area contributed by atoms with E-state index < -0.39 is 0 Å². The van der Waals surface area contributed by atoms with Gasteiger partial charge in [-0.05, 0) is 48.7 Å². The number of carbonyl (C=O) groups excluding carboxylic acids is 1. The molecule has 3 aromatic rings. The Hall–Kier alpha value is -2.79. The van der Waals surface area contributed by atoms with Crippen LogP contribution in [-0.4, -0.2) is 29.8 Å². The van der Waals surface area contributed by atoms with Crippen molar-refractivity contribution >= 4 is 22.5 Å². The van der Waals surface area contributed by atoms with E-state index in [0.717, 1.165) is 47.4 Å². The van der Waals surface area contributed by atoms with Crippen LogP contribution in [0.4, 0.5) is 5.69 Å². The standard InChI is InChI=1S/C22H24N2O3/c1-24-14-16(20-6-2-3-7-21(20)24)13-22(25)23-17-8-10-18(11-9-17)27-15-19-5-4-12-26-19/h2-3,6-11,14,19H,4-5,12-13,15H2,1H3,(H,23,25). The molecule has 1 saturated heterocycles. The lowest BCUT2D eigenvalue weighted by atomic mass is 10.1. The lowest BCUT2D eigenvalue weighted by Gasteiger charge is -2.12. The molecule has 2 heterocycles. The van der Waals surface area contributed by atoms with E-state index in [1.807, 2.05) is 49.6 Å². The van der Waals surface area contributed by atoms with Crippen molar-refractivity contribution in [3.05, 3.63) is 60.3 Å². The molecule has 4 rings (SSSR count). The van der Waals surface area contributed by atoms with Gasteiger partial charge in [-0.15, -0.1) is 0 Å². The highest BCUT2D eigenvalue weighted by Crippen LogP contribution is 2.22. The van der Waals surface area contributed by atoms with Crippen molar-refractivity contribution in [3.8, 4) is 5.75 Å². The Kier molecular flexibility index (Phi) is 5.12. The smallest absolute Gasteiger partial charge is 0.228 e. The Morgan fingerprint density at radius 2 is 2.04 bits per heavy atom. The van der Waals surface area contributed by atoms with E-state index in [4.69, 9.17) is 9.47 Å². The molecule has 0 radical (unpaired) electrons. The fraction of sp³-hybridized carbons (Fsp3) is 0.318. The molecule has 0 saturated carbocycles. The van der Waals surface area contributed by atoms with E-state index in [9.17, 15) is 4.79 Å². The van der Waals surface area contributed by atoms with E-state index in [1.54, 1.807) is 0 Å². The number of aryl methyl sites for hydroxylation is 1. The highest BCUT2D eigenvalue weighted by Gasteiger charge is 2.16. The molecule has 0 spiro atoms. The quantitative estimate of drug-likeness (QED) is 0.721. The second-order valence-corrected chi connectivity index (χ2v) is 6.98. The highest BCUT2D eigenvalue weighted by atomic mass is 16.5. The number of amides is 1. The fourth-order valence-electron chi connectivity index (χ4n) is 3.54. The fourth-order valence-corrected chi connectivity index (χ4v) is 3.54. The number of anilines is 1. The Balaban J connectivity index is 1.35. The Labute approximate surface area is 158 Å². The number of ether oxygens (including phenoxy) is 2. The lowest BCUT2D eigenvalue weighted by Crippen LogP contribution is -2.16. The third kappa shape index (κ3) is 4.14. The summed E-state index contributed by atoms with van der Waals surface area (Å²) in [5.74, 6) is 0.761. The van der Waals surface area contributed by atoms with Crippen molar-refractivity contribution in [2.75, 3.05) is 18.5 Å². The number of hydrogen-bond donors (Lipinski definition) is 1. The number of para-hydroxylation sites is 1. The molecule has 1 amide bonds. The Morgan fingerprint density at radius 3 is 2.81 bits per heavy atom. The normalized spacial score (nSPS) is 16.6. The van der Waals surface area contributed by atoms with Crippen molar-refractivity contribution in [1.82, 2.24) is 4.57 Å². The summed E-state index contributed by atoms with van der Waals surface area (Å²) in [7, 11) is 2.00. The van der Waals surface area contributed by atoms with Crippen LogP contribution in [0, 0.1) is 0 Å². The zero-order chi connectivity index (χ0) is 18.6. The van der Waals surface area contributed by atoms with E-state index >= 15 is 0 Å². The van der Waals surface area contributed by atoms with E-state index in [-0.39, 0.29) is 12.0 Å². The summed E-state index contributed by atoms with van der Waals surface area (Å²) in [6.07, 6.45) is 4.73. The van der Waals surface area contributed by atoms with Gasteiger partial charge in [0.15, 0.2) is 0 Å². The predicted octanol–water partition coefficient (Wildman–Crippen LogP) is 3.92. The molecule has 140 valence electrons. The van der Waals surface area contributed by atoms with Gasteiger partial charge in [-0.25, -0.2) is 0 Å². The van der Waals surface area contributed by atoms with E-state index in [0.29, 0.717) is 13.0 Å². The van der Waals surface area contributed by atoms with Gasteiger partial charge in [0, 0.05) is 36.4 Å². The first-order chi connectivity index (χ1) is 13.2. The molecular weight excluding hydrogens is 340 g/mol. The molecule has 0 aliphatic carbocycles. The van der Waals surface area contributed by atoms with Gasteiger partial charge in [0.25, 0.3) is 0 Å². The monoisotopic (exact) mass is 364 g/mol. The predicted molar refractivity (Wildman–Crippen MR) is 106 cm³/mol. The van der Waals surface area contributed by atoms with Gasteiger partial charge in [-0.2, -0.15) is 0 Å². The average molecular weight is 364 g/mol. The topological polar surface area (TPSA) is 52.5 Å². The number of aromatic nitrogens is 1. The van der Waals surface area contributed by atoms with Crippen molar-refractivity contribution in [2.24, 2.45) is 7.05 Å². The molecule has 2 aromatic carbocycles. The molecule has 1 aromatic heterocycles. The van der Waals surface area contributed by atoms with E-state index in [2.05, 4.69) is 22.0 Å². The zero-order valence-corrected chi connectivity index (χ0v) is 15.5. The van der Waals surface area contributed by atoms with E-state index in [1.165, 1.54) is 0 Å². The third-order valence-corrected chi connectivity index (χ3v) is 4.93. The van der Waals surface area contributed by atoms with Crippen LogP contribution in [0.1, 0.15) is 18.4 Å². The molecule has 5 nitrogen and oxygen atoms in total. The van der Waals surface area contributed by atoms with Crippen LogP contribution in [0.2, 0.25) is 0 Å². The maximum atomic E-state index is 12.5. The van der Waals surface area contributed by atoms with Gasteiger partial charge in [0.2, 0.25) is 5.91 Å². The zero-order valence-electron chi connectivity index (χ0n) is 15.5. The summed E-state index contributed by atoms with van der Waals surface area (Å²) in [5.41, 5.74) is 2.93. The number of nitrogens with one attached hydrogen (secondary N) is 1. The van der Waals surface area contributed by atoms with Crippen LogP contribution in [0.5, 0.6) is 5.75 Å². The SMILES string of the molecule is Cn1cc(CC(=O)Nc2ccc(OCC3CCCO3)cc2)c2ccccc21. The Morgan fingerprint density at radius 1 is 1.22 bits per heavy atom. The van der Waals surface area contributed by atoms with Gasteiger partial charge in [-0.3, -0.25) is 4.79 Å². The number of hydrogen-bond acceptors (Lipinski definition) is 3. The second-order valence-electron chi connectivity index (χ2n) is 6.98. The van der Waals surface area contributed by atoms with Crippen LogP contribution in [0.25, 0.3) is 10.9 Å². The van der Waals surface area contributed by atoms with Gasteiger partial charge in [-0.1, -0.05) is 18.2 Å². The van der Waals surface area contributed by atoms with Crippen molar-refractivity contribution < 1.29 is 14.3 Å². The first-order valence-corrected chi connectivity index (χ1v) is 9.36. The van der Waals surface area contributed by atoms with Gasteiger partial charge < -0.3 is 19.4 Å². The molecule has 1 fully saturated rings. The summed E-state index contributed by atoms with van der Waals surface area (Å²) in [6, 6.07) is 15.6. The summed E-state index contributed by atoms with van der Waals surface area (Å²) in [6.45, 7) is 1.41. The molecule has 1 N–H and O–H groups in total. The maximum absolute atomic E-state index is 12.5. The Bertz CT molecular complexity index is 924. The number of nitrogens with zero attached hydrogens (tertiary/aromatic N) is 1. The maximum Gasteiger partial charge on any atom is 0.228 e. The first-order valence-electron chi connectivity index (χ1n) is 9.36. The summed E-state index contributed by atoms with van der Waals surface area (Å²) in [5, 5.41) is 4.08. The van der Waals surface area contributed by atoms with Crippen LogP contribution in [0.15, 0.2) is 54.7 Å². The lowest BCUT2D eigenvalue weighted by molar-refractivity contribution is -0.115. The molecular formula is C22H24N2O3. The number of rotatable bonds is 6. The van der Waals surface area contributed by atoms with Crippen LogP contribution >= 0.6 is 0 Å². The minimum atomic E-state index is -0.0284. The van der Waals surface area contributed by atoms with Crippen molar-refractivity contribution in [3.63, 3.8) is 0 Å². The molecule has 1 aliphatic heterocycles.